The molecule has 3 rings (SSSR count). The van der Waals surface area contributed by atoms with Gasteiger partial charge in [0.15, 0.2) is 0 Å². The quantitative estimate of drug-likeness (QED) is 0.642. The predicted octanol–water partition coefficient (Wildman–Crippen LogP) is 3.13. The monoisotopic (exact) mass is 314 g/mol. The molecule has 1 aliphatic heterocycles. The maximum Gasteiger partial charge on any atom is 0.414 e. The molecule has 23 heavy (non-hydrogen) atoms. The molecule has 2 aromatic rings. The van der Waals surface area contributed by atoms with Gasteiger partial charge in [-0.25, -0.2) is 4.79 Å². The second-order valence-electron chi connectivity index (χ2n) is 4.95. The summed E-state index contributed by atoms with van der Waals surface area (Å²) in [5.74, 6) is 0.429. The van der Waals surface area contributed by atoms with Crippen LogP contribution in [0.4, 0.5) is 16.2 Å². The van der Waals surface area contributed by atoms with E-state index in [9.17, 15) is 14.9 Å². The van der Waals surface area contributed by atoms with Crippen molar-refractivity contribution < 1.29 is 19.2 Å². The van der Waals surface area contributed by atoms with Crippen molar-refractivity contribution in [2.75, 3.05) is 18.1 Å². The zero-order valence-electron chi connectivity index (χ0n) is 12.2. The molecule has 0 unspecified atom stereocenters. The van der Waals surface area contributed by atoms with Gasteiger partial charge in [-0.3, -0.25) is 15.0 Å². The Hall–Kier alpha value is -3.09. The lowest BCUT2D eigenvalue weighted by Crippen LogP contribution is -2.38. The molecule has 1 aliphatic rings. The number of non-ortho nitro benzene ring substituents is 1. The molecule has 0 aliphatic carbocycles. The fourth-order valence-electron chi connectivity index (χ4n) is 2.31. The third-order valence-electron chi connectivity index (χ3n) is 3.44. The van der Waals surface area contributed by atoms with Crippen LogP contribution < -0.4 is 9.64 Å². The van der Waals surface area contributed by atoms with Crippen molar-refractivity contribution in [3.63, 3.8) is 0 Å². The molecule has 0 radical (unpaired) electrons. The lowest BCUT2D eigenvalue weighted by molar-refractivity contribution is -0.384. The van der Waals surface area contributed by atoms with Gasteiger partial charge in [-0.15, -0.1) is 0 Å². The van der Waals surface area contributed by atoms with Crippen LogP contribution in [0.1, 0.15) is 5.56 Å². The van der Waals surface area contributed by atoms with Gasteiger partial charge in [0.1, 0.15) is 19.0 Å². The maximum absolute atomic E-state index is 12.3. The van der Waals surface area contributed by atoms with E-state index in [1.807, 2.05) is 30.3 Å². The Morgan fingerprint density at radius 1 is 1.26 bits per heavy atom. The average Bonchev–Trinajstić information content (AvgIpc) is 2.59. The van der Waals surface area contributed by atoms with Crippen LogP contribution in [0.15, 0.2) is 48.5 Å². The third-order valence-corrected chi connectivity index (χ3v) is 3.44. The molecule has 1 amide bonds. The number of carbonyl (C=O) groups excluding carboxylic acids is 1. The second kappa shape index (κ2) is 6.35. The number of nitrogens with zero attached hydrogens (tertiary/aromatic N) is 2. The van der Waals surface area contributed by atoms with Gasteiger partial charge in [0, 0.05) is 12.1 Å². The van der Waals surface area contributed by atoms with Crippen LogP contribution in [-0.4, -0.2) is 24.2 Å². The van der Waals surface area contributed by atoms with Crippen LogP contribution in [0.5, 0.6) is 5.75 Å². The van der Waals surface area contributed by atoms with E-state index >= 15 is 0 Å². The summed E-state index contributed by atoms with van der Waals surface area (Å²) < 4.78 is 10.7. The highest BCUT2D eigenvalue weighted by Crippen LogP contribution is 2.35. The van der Waals surface area contributed by atoms with E-state index in [4.69, 9.17) is 9.47 Å². The number of nitro benzene ring substituents is 1. The number of hydrogen-bond donors (Lipinski definition) is 0. The molecule has 7 heteroatoms. The van der Waals surface area contributed by atoms with Crippen molar-refractivity contribution in [3.05, 3.63) is 64.2 Å². The molecule has 1 heterocycles. The van der Waals surface area contributed by atoms with Crippen molar-refractivity contribution in [1.29, 1.82) is 0 Å². The Balaban J connectivity index is 1.77. The van der Waals surface area contributed by atoms with E-state index < -0.39 is 11.0 Å². The molecule has 0 aromatic heterocycles. The first-order chi connectivity index (χ1) is 11.1. The van der Waals surface area contributed by atoms with E-state index in [0.29, 0.717) is 18.0 Å². The van der Waals surface area contributed by atoms with Gasteiger partial charge in [-0.1, -0.05) is 30.3 Å². The van der Waals surface area contributed by atoms with Gasteiger partial charge < -0.3 is 9.47 Å². The molecule has 0 N–H and O–H groups in total. The standard InChI is InChI=1S/C16H14N2O5/c19-16(23-11-12-4-2-1-3-5-12)17-8-9-22-15-7-6-13(18(20)21)10-14(15)17/h1-7,10H,8-9,11H2. The first-order valence-corrected chi connectivity index (χ1v) is 7.04. The molecule has 0 spiro atoms. The molecule has 2 aromatic carbocycles. The number of anilines is 1. The van der Waals surface area contributed by atoms with E-state index in [1.54, 1.807) is 0 Å². The van der Waals surface area contributed by atoms with Crippen molar-refractivity contribution in [3.8, 4) is 5.75 Å². The lowest BCUT2D eigenvalue weighted by Gasteiger charge is -2.28. The normalized spacial score (nSPS) is 13.0. The van der Waals surface area contributed by atoms with Crippen LogP contribution in [0.25, 0.3) is 0 Å². The maximum atomic E-state index is 12.3. The number of carbonyl (C=O) groups is 1. The first-order valence-electron chi connectivity index (χ1n) is 7.04. The highest BCUT2D eigenvalue weighted by Gasteiger charge is 2.27. The Kier molecular flexibility index (Phi) is 4.09. The molecule has 0 fully saturated rings. The first kappa shape index (κ1) is 14.8. The predicted molar refractivity (Wildman–Crippen MR) is 82.6 cm³/mol. The lowest BCUT2D eigenvalue weighted by atomic mass is 10.2. The van der Waals surface area contributed by atoms with Crippen molar-refractivity contribution in [2.45, 2.75) is 6.61 Å². The fraction of sp³-hybridized carbons (Fsp3) is 0.188. The minimum Gasteiger partial charge on any atom is -0.490 e. The smallest absolute Gasteiger partial charge is 0.414 e. The summed E-state index contributed by atoms with van der Waals surface area (Å²) in [6.45, 7) is 0.730. The molecular weight excluding hydrogens is 300 g/mol. The summed E-state index contributed by atoms with van der Waals surface area (Å²) in [5.41, 5.74) is 1.12. The summed E-state index contributed by atoms with van der Waals surface area (Å²) in [6.07, 6.45) is -0.557. The summed E-state index contributed by atoms with van der Waals surface area (Å²) in [7, 11) is 0. The zero-order chi connectivity index (χ0) is 16.2. The minimum absolute atomic E-state index is 0.102. The Morgan fingerprint density at radius 3 is 2.78 bits per heavy atom. The van der Waals surface area contributed by atoms with Gasteiger partial charge in [-0.05, 0) is 11.6 Å². The van der Waals surface area contributed by atoms with Gasteiger partial charge in [-0.2, -0.15) is 0 Å². The number of fused-ring (bicyclic) bond motifs is 1. The molecular formula is C16H14N2O5. The average molecular weight is 314 g/mol. The van der Waals surface area contributed by atoms with Crippen LogP contribution in [0.2, 0.25) is 0 Å². The van der Waals surface area contributed by atoms with Crippen LogP contribution in [-0.2, 0) is 11.3 Å². The fourth-order valence-corrected chi connectivity index (χ4v) is 2.31. The Labute approximate surface area is 132 Å². The number of benzene rings is 2. The number of amides is 1. The van der Waals surface area contributed by atoms with Gasteiger partial charge in [0.25, 0.3) is 5.69 Å². The molecule has 0 saturated heterocycles. The van der Waals surface area contributed by atoms with Crippen molar-refractivity contribution >= 4 is 17.5 Å². The number of hydrogen-bond acceptors (Lipinski definition) is 5. The van der Waals surface area contributed by atoms with Gasteiger partial charge in [0.2, 0.25) is 0 Å². The third kappa shape index (κ3) is 3.23. The molecule has 118 valence electrons. The molecule has 0 bridgehead atoms. The van der Waals surface area contributed by atoms with Crippen molar-refractivity contribution in [2.24, 2.45) is 0 Å². The topological polar surface area (TPSA) is 81.9 Å². The van der Waals surface area contributed by atoms with E-state index in [1.165, 1.54) is 23.1 Å². The summed E-state index contributed by atoms with van der Waals surface area (Å²) in [4.78, 5) is 24.0. The number of nitro groups is 1. The summed E-state index contributed by atoms with van der Waals surface area (Å²) in [6, 6.07) is 13.5. The van der Waals surface area contributed by atoms with E-state index in [0.717, 1.165) is 5.56 Å². The van der Waals surface area contributed by atoms with Crippen LogP contribution in [0.3, 0.4) is 0 Å². The SMILES string of the molecule is O=C(OCc1ccccc1)N1CCOc2ccc([N+](=O)[O-])cc21. The van der Waals surface area contributed by atoms with Gasteiger partial charge >= 0.3 is 6.09 Å². The Bertz CT molecular complexity index is 733. The minimum atomic E-state index is -0.557. The van der Waals surface area contributed by atoms with Gasteiger partial charge in [0.05, 0.1) is 17.2 Å². The summed E-state index contributed by atoms with van der Waals surface area (Å²) in [5, 5.41) is 10.9. The molecule has 7 nitrogen and oxygen atoms in total. The number of rotatable bonds is 3. The second-order valence-corrected chi connectivity index (χ2v) is 4.95. The molecule has 0 atom stereocenters. The molecule has 0 saturated carbocycles. The zero-order valence-corrected chi connectivity index (χ0v) is 12.2. The Morgan fingerprint density at radius 2 is 2.04 bits per heavy atom. The van der Waals surface area contributed by atoms with Crippen LogP contribution >= 0.6 is 0 Å². The highest BCUT2D eigenvalue weighted by atomic mass is 16.6. The van der Waals surface area contributed by atoms with Crippen molar-refractivity contribution in [1.82, 2.24) is 0 Å². The summed E-state index contributed by atoms with van der Waals surface area (Å²) >= 11 is 0. The van der Waals surface area contributed by atoms with Crippen LogP contribution in [0, 0.1) is 10.1 Å². The van der Waals surface area contributed by atoms with E-state index in [2.05, 4.69) is 0 Å². The number of ether oxygens (including phenoxy) is 2. The van der Waals surface area contributed by atoms with E-state index in [-0.39, 0.29) is 18.8 Å². The highest BCUT2D eigenvalue weighted by molar-refractivity contribution is 5.90. The largest absolute Gasteiger partial charge is 0.490 e.